The van der Waals surface area contributed by atoms with Crippen molar-refractivity contribution in [3.05, 3.63) is 0 Å². The number of rotatable bonds is 8. The van der Waals surface area contributed by atoms with Gasteiger partial charge in [0.25, 0.3) is 0 Å². The van der Waals surface area contributed by atoms with Crippen LogP contribution in [0.1, 0.15) is 26.7 Å². The highest BCUT2D eigenvalue weighted by atomic mass is 32.2. The monoisotopic (exact) mass is 207 g/mol. The number of thioether (sulfide) groups is 1. The van der Waals surface area contributed by atoms with E-state index in [1.54, 1.807) is 0 Å². The first kappa shape index (κ1) is 12.7. The summed E-state index contributed by atoms with van der Waals surface area (Å²) in [6.45, 7) is 6.98. The molecule has 74 valence electrons. The predicted octanol–water partition coefficient (Wildman–Crippen LogP) is 3.12. The molecule has 12 heavy (non-hydrogen) atoms. The lowest BCUT2D eigenvalue weighted by molar-refractivity contribution is 0.468. The molecule has 0 rings (SSSR count). The molecule has 0 aromatic rings. The van der Waals surface area contributed by atoms with Crippen LogP contribution in [0.25, 0.3) is 0 Å². The normalized spacial score (nSPS) is 11.0. The maximum Gasteiger partial charge on any atom is 0.0172 e. The highest BCUT2D eigenvalue weighted by Crippen LogP contribution is 2.12. The molecule has 0 amide bonds. The van der Waals surface area contributed by atoms with Crippen molar-refractivity contribution < 1.29 is 0 Å². The van der Waals surface area contributed by atoms with Crippen LogP contribution in [0.5, 0.6) is 0 Å². The Morgan fingerprint density at radius 1 is 1.00 bits per heavy atom. The fourth-order valence-electron chi connectivity index (χ4n) is 0.989. The average Bonchev–Trinajstić information content (AvgIpc) is 2.06. The van der Waals surface area contributed by atoms with Gasteiger partial charge in [-0.25, -0.2) is 0 Å². The van der Waals surface area contributed by atoms with Crippen LogP contribution in [0.15, 0.2) is 0 Å². The van der Waals surface area contributed by atoms with E-state index in [4.69, 9.17) is 0 Å². The van der Waals surface area contributed by atoms with Gasteiger partial charge in [-0.2, -0.15) is 11.8 Å². The van der Waals surface area contributed by atoms with Gasteiger partial charge in [0, 0.05) is 24.6 Å². The van der Waals surface area contributed by atoms with Crippen molar-refractivity contribution in [2.45, 2.75) is 26.7 Å². The minimum atomic E-state index is 1.24. The summed E-state index contributed by atoms with van der Waals surface area (Å²) in [5, 5.41) is 0. The summed E-state index contributed by atoms with van der Waals surface area (Å²) in [6.07, 6.45) is 4.71. The summed E-state index contributed by atoms with van der Waals surface area (Å²) in [7, 11) is 0. The standard InChI is InChI=1S/C9H21NS2/c1-4-6-10(7-5-2)12-9-8-11-3/h4-9H2,1-3H3. The Labute approximate surface area is 85.8 Å². The van der Waals surface area contributed by atoms with Crippen molar-refractivity contribution in [2.24, 2.45) is 0 Å². The SMILES string of the molecule is CCCN(CCC)SCCSC. The highest BCUT2D eigenvalue weighted by molar-refractivity contribution is 8.01. The Balaban J connectivity index is 3.34. The molecule has 0 saturated carbocycles. The Bertz CT molecular complexity index is 82.6. The van der Waals surface area contributed by atoms with Crippen LogP contribution < -0.4 is 0 Å². The van der Waals surface area contributed by atoms with E-state index in [0.717, 1.165) is 0 Å². The molecule has 0 heterocycles. The zero-order chi connectivity index (χ0) is 9.23. The summed E-state index contributed by atoms with van der Waals surface area (Å²) in [5.41, 5.74) is 0. The zero-order valence-electron chi connectivity index (χ0n) is 8.51. The third-order valence-corrected chi connectivity index (χ3v) is 3.50. The molecule has 0 aromatic carbocycles. The van der Waals surface area contributed by atoms with Crippen LogP contribution in [-0.2, 0) is 0 Å². The van der Waals surface area contributed by atoms with E-state index in [9.17, 15) is 0 Å². The van der Waals surface area contributed by atoms with Gasteiger partial charge in [-0.1, -0.05) is 25.8 Å². The summed E-state index contributed by atoms with van der Waals surface area (Å²) in [5.74, 6) is 2.54. The number of hydrogen-bond donors (Lipinski definition) is 0. The molecule has 0 aliphatic rings. The maximum atomic E-state index is 2.50. The van der Waals surface area contributed by atoms with E-state index in [2.05, 4.69) is 24.4 Å². The number of hydrogen-bond acceptors (Lipinski definition) is 3. The fraction of sp³-hybridized carbons (Fsp3) is 1.00. The van der Waals surface area contributed by atoms with Crippen molar-refractivity contribution in [1.82, 2.24) is 4.31 Å². The summed E-state index contributed by atoms with van der Waals surface area (Å²) < 4.78 is 2.50. The molecule has 0 spiro atoms. The van der Waals surface area contributed by atoms with Gasteiger partial charge in [0.05, 0.1) is 0 Å². The summed E-state index contributed by atoms with van der Waals surface area (Å²) >= 11 is 3.94. The van der Waals surface area contributed by atoms with E-state index in [1.165, 1.54) is 37.4 Å². The lowest BCUT2D eigenvalue weighted by Gasteiger charge is -2.18. The molecule has 0 atom stereocenters. The first-order valence-corrected chi connectivity index (χ1v) is 7.05. The van der Waals surface area contributed by atoms with Gasteiger partial charge in [0.15, 0.2) is 0 Å². The van der Waals surface area contributed by atoms with Gasteiger partial charge in [0.2, 0.25) is 0 Å². The molecule has 0 aliphatic heterocycles. The zero-order valence-corrected chi connectivity index (χ0v) is 10.1. The average molecular weight is 207 g/mol. The second-order valence-corrected chi connectivity index (χ2v) is 4.92. The molecule has 0 saturated heterocycles. The second-order valence-electron chi connectivity index (χ2n) is 2.76. The van der Waals surface area contributed by atoms with E-state index in [1.807, 2.05) is 23.7 Å². The van der Waals surface area contributed by atoms with Crippen molar-refractivity contribution in [1.29, 1.82) is 0 Å². The predicted molar refractivity (Wildman–Crippen MR) is 63.0 cm³/mol. The molecule has 0 fully saturated rings. The van der Waals surface area contributed by atoms with Crippen molar-refractivity contribution >= 4 is 23.7 Å². The van der Waals surface area contributed by atoms with E-state index < -0.39 is 0 Å². The molecule has 0 radical (unpaired) electrons. The topological polar surface area (TPSA) is 3.24 Å². The minimum absolute atomic E-state index is 1.24. The third kappa shape index (κ3) is 7.32. The Morgan fingerprint density at radius 3 is 2.00 bits per heavy atom. The van der Waals surface area contributed by atoms with Crippen molar-refractivity contribution in [3.8, 4) is 0 Å². The molecule has 0 aromatic heterocycles. The van der Waals surface area contributed by atoms with Crippen LogP contribution >= 0.6 is 23.7 Å². The molecule has 0 N–H and O–H groups in total. The Hall–Kier alpha value is 0.660. The summed E-state index contributed by atoms with van der Waals surface area (Å²) in [6, 6.07) is 0. The quantitative estimate of drug-likeness (QED) is 0.445. The van der Waals surface area contributed by atoms with Crippen LogP contribution in [0, 0.1) is 0 Å². The lowest BCUT2D eigenvalue weighted by Crippen LogP contribution is -2.18. The molecule has 0 unspecified atom stereocenters. The largest absolute Gasteiger partial charge is 0.251 e. The third-order valence-electron chi connectivity index (χ3n) is 1.51. The maximum absolute atomic E-state index is 2.50. The van der Waals surface area contributed by atoms with Crippen molar-refractivity contribution in [2.75, 3.05) is 30.9 Å². The van der Waals surface area contributed by atoms with E-state index in [0.29, 0.717) is 0 Å². The van der Waals surface area contributed by atoms with Gasteiger partial charge in [-0.3, -0.25) is 4.31 Å². The van der Waals surface area contributed by atoms with Crippen LogP contribution in [0.4, 0.5) is 0 Å². The molecule has 1 nitrogen and oxygen atoms in total. The molecule has 0 bridgehead atoms. The molecular weight excluding hydrogens is 186 g/mol. The first-order chi connectivity index (χ1) is 5.85. The molecular formula is C9H21NS2. The highest BCUT2D eigenvalue weighted by Gasteiger charge is 2.01. The number of nitrogens with zero attached hydrogens (tertiary/aromatic N) is 1. The van der Waals surface area contributed by atoms with Crippen LogP contribution in [0.3, 0.4) is 0 Å². The van der Waals surface area contributed by atoms with Crippen molar-refractivity contribution in [3.63, 3.8) is 0 Å². The van der Waals surface area contributed by atoms with E-state index in [-0.39, 0.29) is 0 Å². The van der Waals surface area contributed by atoms with Gasteiger partial charge in [-0.05, 0) is 19.1 Å². The van der Waals surface area contributed by atoms with Crippen LogP contribution in [-0.4, -0.2) is 35.2 Å². The molecule has 0 aliphatic carbocycles. The fourth-order valence-corrected chi connectivity index (χ4v) is 2.84. The van der Waals surface area contributed by atoms with E-state index >= 15 is 0 Å². The Morgan fingerprint density at radius 2 is 1.58 bits per heavy atom. The second kappa shape index (κ2) is 9.75. The van der Waals surface area contributed by atoms with Gasteiger partial charge >= 0.3 is 0 Å². The lowest BCUT2D eigenvalue weighted by atomic mass is 10.4. The molecule has 3 heteroatoms. The van der Waals surface area contributed by atoms with Gasteiger partial charge in [-0.15, -0.1) is 0 Å². The van der Waals surface area contributed by atoms with Crippen LogP contribution in [0.2, 0.25) is 0 Å². The van der Waals surface area contributed by atoms with Gasteiger partial charge in [0.1, 0.15) is 0 Å². The summed E-state index contributed by atoms with van der Waals surface area (Å²) in [4.78, 5) is 0. The Kier molecular flexibility index (Phi) is 10.3. The minimum Gasteiger partial charge on any atom is -0.251 e. The first-order valence-electron chi connectivity index (χ1n) is 4.71. The smallest absolute Gasteiger partial charge is 0.0172 e. The van der Waals surface area contributed by atoms with Gasteiger partial charge < -0.3 is 0 Å².